The largest absolute Gasteiger partial charge is 0.452 e. The highest BCUT2D eigenvalue weighted by molar-refractivity contribution is 5.95. The molecule has 2 amide bonds. The van der Waals surface area contributed by atoms with Crippen molar-refractivity contribution in [2.45, 2.75) is 78.4 Å². The molecule has 0 unspecified atom stereocenters. The van der Waals surface area contributed by atoms with Gasteiger partial charge < -0.3 is 19.7 Å². The van der Waals surface area contributed by atoms with Crippen LogP contribution in [-0.2, 0) is 19.1 Å². The molecule has 7 heteroatoms. The average molecular weight is 433 g/mol. The Balaban J connectivity index is 1.86. The average Bonchev–Trinajstić information content (AvgIpc) is 2.72. The first kappa shape index (κ1) is 24.7. The Labute approximate surface area is 185 Å². The predicted octanol–water partition coefficient (Wildman–Crippen LogP) is 4.72. The van der Waals surface area contributed by atoms with Crippen molar-refractivity contribution in [3.05, 3.63) is 29.8 Å². The van der Waals surface area contributed by atoms with Crippen LogP contribution in [0, 0.1) is 5.92 Å². The van der Waals surface area contributed by atoms with Gasteiger partial charge in [0, 0.05) is 18.8 Å². The van der Waals surface area contributed by atoms with E-state index in [0.29, 0.717) is 31.8 Å². The molecule has 0 bridgehead atoms. The molecule has 0 aliphatic carbocycles. The highest BCUT2D eigenvalue weighted by atomic mass is 16.6. The highest BCUT2D eigenvalue weighted by Crippen LogP contribution is 2.27. The van der Waals surface area contributed by atoms with Crippen molar-refractivity contribution in [1.29, 1.82) is 0 Å². The minimum Gasteiger partial charge on any atom is -0.452 e. The molecule has 1 aliphatic rings. The Bertz CT molecular complexity index is 778. The van der Waals surface area contributed by atoms with Crippen molar-refractivity contribution in [2.24, 2.45) is 5.92 Å². The zero-order valence-corrected chi connectivity index (χ0v) is 19.6. The minimum atomic E-state index is -0.902. The lowest BCUT2D eigenvalue weighted by Gasteiger charge is -2.32. The number of likely N-dealkylation sites (tertiary alicyclic amines) is 1. The first-order valence-corrected chi connectivity index (χ1v) is 11.1. The van der Waals surface area contributed by atoms with E-state index >= 15 is 0 Å². The second kappa shape index (κ2) is 10.6. The van der Waals surface area contributed by atoms with E-state index in [-0.39, 0.29) is 17.9 Å². The number of nitrogens with zero attached hydrogens (tertiary/aromatic N) is 1. The maximum atomic E-state index is 12.6. The number of hydrogen-bond acceptors (Lipinski definition) is 5. The zero-order valence-electron chi connectivity index (χ0n) is 19.6. The van der Waals surface area contributed by atoms with E-state index in [1.165, 1.54) is 0 Å². The molecular formula is C24H36N2O5. The fraction of sp³-hybridized carbons (Fsp3) is 0.625. The summed E-state index contributed by atoms with van der Waals surface area (Å²) in [4.78, 5) is 38.9. The van der Waals surface area contributed by atoms with E-state index in [9.17, 15) is 14.4 Å². The molecule has 172 valence electrons. The van der Waals surface area contributed by atoms with Crippen molar-refractivity contribution < 1.29 is 23.9 Å². The number of carbonyl (C=O) groups excluding carboxylic acids is 3. The summed E-state index contributed by atoms with van der Waals surface area (Å²) in [5.74, 6) is -0.775. The molecule has 1 saturated heterocycles. The predicted molar refractivity (Wildman–Crippen MR) is 120 cm³/mol. The summed E-state index contributed by atoms with van der Waals surface area (Å²) in [6.07, 6.45) is 0.666. The normalized spacial score (nSPS) is 16.9. The number of rotatable bonds is 6. The van der Waals surface area contributed by atoms with Gasteiger partial charge in [-0.3, -0.25) is 9.59 Å². The molecule has 0 aromatic heterocycles. The molecule has 1 aliphatic heterocycles. The lowest BCUT2D eigenvalue weighted by atomic mass is 9.96. The Kier molecular flexibility index (Phi) is 8.48. The fourth-order valence-electron chi connectivity index (χ4n) is 3.44. The second-order valence-electron chi connectivity index (χ2n) is 9.21. The van der Waals surface area contributed by atoms with Crippen LogP contribution in [0.4, 0.5) is 10.5 Å². The molecule has 2 rings (SSSR count). The van der Waals surface area contributed by atoms with Crippen molar-refractivity contribution in [3.8, 4) is 0 Å². The number of benzene rings is 1. The lowest BCUT2D eigenvalue weighted by molar-refractivity contribution is -0.158. The van der Waals surface area contributed by atoms with Gasteiger partial charge in [0.25, 0.3) is 5.91 Å². The molecule has 1 heterocycles. The van der Waals surface area contributed by atoms with E-state index in [1.54, 1.807) is 11.8 Å². The zero-order chi connectivity index (χ0) is 23.2. The second-order valence-corrected chi connectivity index (χ2v) is 9.21. The van der Waals surface area contributed by atoms with Gasteiger partial charge in [-0.15, -0.1) is 0 Å². The van der Waals surface area contributed by atoms with Gasteiger partial charge in [0.2, 0.25) is 0 Å². The van der Waals surface area contributed by atoms with E-state index in [2.05, 4.69) is 19.2 Å². The van der Waals surface area contributed by atoms with Gasteiger partial charge in [-0.25, -0.2) is 4.79 Å². The number of piperidine rings is 1. The summed E-state index contributed by atoms with van der Waals surface area (Å²) in [6.45, 7) is 12.1. The fourth-order valence-corrected chi connectivity index (χ4v) is 3.44. The van der Waals surface area contributed by atoms with Crippen molar-refractivity contribution >= 4 is 23.7 Å². The molecule has 2 atom stereocenters. The molecule has 31 heavy (non-hydrogen) atoms. The number of carbonyl (C=O) groups is 3. The number of ether oxygens (including phenoxy) is 2. The SMILES string of the molecule is CC[C@@H](C)c1ccccc1NC(=O)[C@H](C)OC(=O)C1CCN(C(=O)OC(C)(C)C)CC1. The van der Waals surface area contributed by atoms with Crippen LogP contribution < -0.4 is 5.32 Å². The topological polar surface area (TPSA) is 84.9 Å². The molecule has 7 nitrogen and oxygen atoms in total. The third kappa shape index (κ3) is 7.26. The maximum absolute atomic E-state index is 12.6. The van der Waals surface area contributed by atoms with E-state index in [4.69, 9.17) is 9.47 Å². The minimum absolute atomic E-state index is 0.310. The highest BCUT2D eigenvalue weighted by Gasteiger charge is 2.32. The molecule has 0 saturated carbocycles. The standard InChI is InChI=1S/C24H36N2O5/c1-7-16(2)19-10-8-9-11-20(19)25-21(27)17(3)30-22(28)18-12-14-26(15-13-18)23(29)31-24(4,5)6/h8-11,16-18H,7,12-15H2,1-6H3,(H,25,27)/t16-,17+/m1/s1. The van der Waals surface area contributed by atoms with Gasteiger partial charge in [0.05, 0.1) is 5.92 Å². The Morgan fingerprint density at radius 2 is 1.74 bits per heavy atom. The Morgan fingerprint density at radius 1 is 1.13 bits per heavy atom. The van der Waals surface area contributed by atoms with Crippen molar-refractivity contribution in [1.82, 2.24) is 4.90 Å². The third-order valence-electron chi connectivity index (χ3n) is 5.50. The Morgan fingerprint density at radius 3 is 2.32 bits per heavy atom. The van der Waals surface area contributed by atoms with Gasteiger partial charge >= 0.3 is 12.1 Å². The van der Waals surface area contributed by atoms with Crippen LogP contribution in [0.3, 0.4) is 0 Å². The molecule has 0 spiro atoms. The quantitative estimate of drug-likeness (QED) is 0.658. The van der Waals surface area contributed by atoms with Gasteiger partial charge in [0.15, 0.2) is 6.10 Å². The summed E-state index contributed by atoms with van der Waals surface area (Å²) < 4.78 is 10.8. The van der Waals surface area contributed by atoms with E-state index in [1.807, 2.05) is 45.0 Å². The summed E-state index contributed by atoms with van der Waals surface area (Å²) in [5, 5.41) is 2.89. The van der Waals surface area contributed by atoms with Crippen molar-refractivity contribution in [2.75, 3.05) is 18.4 Å². The van der Waals surface area contributed by atoms with E-state index < -0.39 is 17.7 Å². The Hall–Kier alpha value is -2.57. The molecular weight excluding hydrogens is 396 g/mol. The van der Waals surface area contributed by atoms with Crippen LogP contribution in [0.1, 0.15) is 72.3 Å². The summed E-state index contributed by atoms with van der Waals surface area (Å²) >= 11 is 0. The third-order valence-corrected chi connectivity index (χ3v) is 5.50. The van der Waals surface area contributed by atoms with Gasteiger partial charge in [0.1, 0.15) is 5.60 Å². The first-order chi connectivity index (χ1) is 14.5. The number of para-hydroxylation sites is 1. The lowest BCUT2D eigenvalue weighted by Crippen LogP contribution is -2.43. The number of nitrogens with one attached hydrogen (secondary N) is 1. The first-order valence-electron chi connectivity index (χ1n) is 11.1. The van der Waals surface area contributed by atoms with Gasteiger partial charge in [-0.1, -0.05) is 32.0 Å². The molecule has 1 fully saturated rings. The van der Waals surface area contributed by atoms with Crippen molar-refractivity contribution in [3.63, 3.8) is 0 Å². The van der Waals surface area contributed by atoms with E-state index in [0.717, 1.165) is 17.7 Å². The monoisotopic (exact) mass is 432 g/mol. The number of esters is 1. The molecule has 0 radical (unpaired) electrons. The van der Waals surface area contributed by atoms with Crippen LogP contribution in [0.25, 0.3) is 0 Å². The summed E-state index contributed by atoms with van der Waals surface area (Å²) in [6, 6.07) is 7.68. The smallest absolute Gasteiger partial charge is 0.410 e. The molecule has 1 aromatic carbocycles. The molecule has 1 aromatic rings. The number of amides is 2. The maximum Gasteiger partial charge on any atom is 0.410 e. The molecule has 1 N–H and O–H groups in total. The number of anilines is 1. The van der Waals surface area contributed by atoms with Crippen LogP contribution in [0.2, 0.25) is 0 Å². The van der Waals surface area contributed by atoms with Crippen LogP contribution in [0.15, 0.2) is 24.3 Å². The summed E-state index contributed by atoms with van der Waals surface area (Å²) in [7, 11) is 0. The van der Waals surface area contributed by atoms with Crippen LogP contribution in [-0.4, -0.2) is 47.7 Å². The van der Waals surface area contributed by atoms with Gasteiger partial charge in [-0.2, -0.15) is 0 Å². The summed E-state index contributed by atoms with van der Waals surface area (Å²) in [5.41, 5.74) is 1.25. The van der Waals surface area contributed by atoms with Crippen LogP contribution in [0.5, 0.6) is 0 Å². The number of hydrogen-bond donors (Lipinski definition) is 1. The van der Waals surface area contributed by atoms with Crippen LogP contribution >= 0.6 is 0 Å². The van der Waals surface area contributed by atoms with Gasteiger partial charge in [-0.05, 0) is 64.5 Å².